The fourth-order valence-electron chi connectivity index (χ4n) is 3.35. The minimum atomic E-state index is -2.87. The van der Waals surface area contributed by atoms with Gasteiger partial charge in [-0.25, -0.2) is 4.98 Å². The van der Waals surface area contributed by atoms with Crippen LogP contribution in [0.25, 0.3) is 22.2 Å². The summed E-state index contributed by atoms with van der Waals surface area (Å²) < 4.78 is 29.0. The molecule has 156 valence electrons. The molecule has 1 amide bonds. The summed E-state index contributed by atoms with van der Waals surface area (Å²) in [6, 6.07) is 19.2. The Bertz CT molecular complexity index is 1200. The number of rotatable bonds is 6. The van der Waals surface area contributed by atoms with Gasteiger partial charge in [-0.15, -0.1) is 0 Å². The SMILES string of the molecule is CN(Cc1ccc(OC(F)F)cc1)C(=O)c1cc(-c2ccncc2)nc2ccccc12. The van der Waals surface area contributed by atoms with Gasteiger partial charge in [0.2, 0.25) is 0 Å². The number of aromatic nitrogens is 2. The smallest absolute Gasteiger partial charge is 0.387 e. The molecule has 0 aliphatic heterocycles. The number of pyridine rings is 2. The maximum absolute atomic E-state index is 13.3. The van der Waals surface area contributed by atoms with Crippen LogP contribution in [0.1, 0.15) is 15.9 Å². The van der Waals surface area contributed by atoms with Crippen molar-refractivity contribution in [2.24, 2.45) is 0 Å². The van der Waals surface area contributed by atoms with Crippen LogP contribution >= 0.6 is 0 Å². The predicted octanol–water partition coefficient (Wildman–Crippen LogP) is 5.17. The molecule has 2 aromatic heterocycles. The van der Waals surface area contributed by atoms with Gasteiger partial charge in [-0.2, -0.15) is 8.78 Å². The Balaban J connectivity index is 1.63. The van der Waals surface area contributed by atoms with Gasteiger partial charge in [0.25, 0.3) is 5.91 Å². The van der Waals surface area contributed by atoms with E-state index in [0.717, 1.165) is 22.0 Å². The molecule has 0 aliphatic rings. The van der Waals surface area contributed by atoms with E-state index in [1.165, 1.54) is 12.1 Å². The molecule has 0 saturated heterocycles. The molecule has 0 spiro atoms. The molecule has 2 aromatic carbocycles. The number of hydrogen-bond donors (Lipinski definition) is 0. The van der Waals surface area contributed by atoms with Gasteiger partial charge in [0.05, 0.1) is 16.8 Å². The first-order valence-corrected chi connectivity index (χ1v) is 9.60. The van der Waals surface area contributed by atoms with Gasteiger partial charge in [-0.3, -0.25) is 9.78 Å². The zero-order valence-electron chi connectivity index (χ0n) is 16.7. The predicted molar refractivity (Wildman–Crippen MR) is 114 cm³/mol. The second kappa shape index (κ2) is 8.87. The molecule has 7 heteroatoms. The van der Waals surface area contributed by atoms with E-state index in [-0.39, 0.29) is 11.7 Å². The lowest BCUT2D eigenvalue weighted by atomic mass is 10.0. The second-order valence-electron chi connectivity index (χ2n) is 6.99. The molecule has 0 aliphatic carbocycles. The lowest BCUT2D eigenvalue weighted by molar-refractivity contribution is -0.0498. The average molecular weight is 419 g/mol. The highest BCUT2D eigenvalue weighted by atomic mass is 19.3. The number of para-hydroxylation sites is 1. The number of hydrogen-bond acceptors (Lipinski definition) is 4. The van der Waals surface area contributed by atoms with E-state index in [4.69, 9.17) is 4.98 Å². The van der Waals surface area contributed by atoms with Gasteiger partial charge < -0.3 is 9.64 Å². The lowest BCUT2D eigenvalue weighted by Crippen LogP contribution is -2.26. The summed E-state index contributed by atoms with van der Waals surface area (Å²) in [6.45, 7) is -2.56. The van der Waals surface area contributed by atoms with Gasteiger partial charge in [-0.1, -0.05) is 30.3 Å². The minimum absolute atomic E-state index is 0.0786. The first kappa shape index (κ1) is 20.4. The Kier molecular flexibility index (Phi) is 5.84. The van der Waals surface area contributed by atoms with Crippen LogP contribution in [-0.2, 0) is 6.54 Å². The molecule has 2 heterocycles. The first-order valence-electron chi connectivity index (χ1n) is 9.60. The summed E-state index contributed by atoms with van der Waals surface area (Å²) in [5.74, 6) is -0.0864. The van der Waals surface area contributed by atoms with Crippen LogP contribution in [0.5, 0.6) is 5.75 Å². The van der Waals surface area contributed by atoms with Crippen molar-refractivity contribution in [3.05, 3.63) is 90.3 Å². The fourth-order valence-corrected chi connectivity index (χ4v) is 3.35. The first-order chi connectivity index (χ1) is 15.0. The number of fused-ring (bicyclic) bond motifs is 1. The molecule has 0 saturated carbocycles. The molecule has 4 rings (SSSR count). The standard InChI is InChI=1S/C24H19F2N3O2/c1-29(15-16-6-8-18(9-7-16)31-24(25)26)23(30)20-14-22(17-10-12-27-13-11-17)28-21-5-3-2-4-19(20)21/h2-14,24H,15H2,1H3. The van der Waals surface area contributed by atoms with Crippen LogP contribution < -0.4 is 4.74 Å². The normalized spacial score (nSPS) is 11.0. The van der Waals surface area contributed by atoms with Gasteiger partial charge >= 0.3 is 6.61 Å². The summed E-state index contributed by atoms with van der Waals surface area (Å²) in [5, 5.41) is 0.762. The molecular weight excluding hydrogens is 400 g/mol. The molecule has 0 fully saturated rings. The molecule has 31 heavy (non-hydrogen) atoms. The summed E-state index contributed by atoms with van der Waals surface area (Å²) in [4.78, 5) is 23.6. The summed E-state index contributed by atoms with van der Waals surface area (Å²) in [5.41, 5.74) is 3.61. The van der Waals surface area contributed by atoms with Crippen molar-refractivity contribution >= 4 is 16.8 Å². The fraction of sp³-hybridized carbons (Fsp3) is 0.125. The zero-order chi connectivity index (χ0) is 21.8. The van der Waals surface area contributed by atoms with Crippen molar-refractivity contribution in [2.75, 3.05) is 7.05 Å². The number of halogens is 2. The van der Waals surface area contributed by atoms with E-state index in [9.17, 15) is 13.6 Å². The molecule has 5 nitrogen and oxygen atoms in total. The minimum Gasteiger partial charge on any atom is -0.435 e. The third kappa shape index (κ3) is 4.66. The number of ether oxygens (including phenoxy) is 1. The van der Waals surface area contributed by atoms with Crippen molar-refractivity contribution in [2.45, 2.75) is 13.2 Å². The van der Waals surface area contributed by atoms with E-state index >= 15 is 0 Å². The van der Waals surface area contributed by atoms with Crippen LogP contribution in [0, 0.1) is 0 Å². The van der Waals surface area contributed by atoms with Gasteiger partial charge in [0.1, 0.15) is 5.75 Å². The molecule has 0 unspecified atom stereocenters. The van der Waals surface area contributed by atoms with Gasteiger partial charge in [0.15, 0.2) is 0 Å². The van der Waals surface area contributed by atoms with Crippen LogP contribution in [0.3, 0.4) is 0 Å². The summed E-state index contributed by atoms with van der Waals surface area (Å²) in [7, 11) is 1.70. The van der Waals surface area contributed by atoms with E-state index in [1.54, 1.807) is 42.5 Å². The number of alkyl halides is 2. The highest BCUT2D eigenvalue weighted by molar-refractivity contribution is 6.07. The zero-order valence-corrected chi connectivity index (χ0v) is 16.7. The quantitative estimate of drug-likeness (QED) is 0.433. The molecule has 0 radical (unpaired) electrons. The van der Waals surface area contributed by atoms with Crippen LogP contribution in [0.2, 0.25) is 0 Å². The highest BCUT2D eigenvalue weighted by Gasteiger charge is 2.18. The monoisotopic (exact) mass is 419 g/mol. The second-order valence-corrected chi connectivity index (χ2v) is 6.99. The molecule has 0 atom stereocenters. The third-order valence-electron chi connectivity index (χ3n) is 4.84. The Morgan fingerprint density at radius 1 is 1.03 bits per heavy atom. The Morgan fingerprint density at radius 3 is 2.45 bits per heavy atom. The van der Waals surface area contributed by atoms with Gasteiger partial charge in [-0.05, 0) is 42.0 Å². The van der Waals surface area contributed by atoms with E-state index in [0.29, 0.717) is 17.8 Å². The van der Waals surface area contributed by atoms with E-state index in [2.05, 4.69) is 9.72 Å². The maximum Gasteiger partial charge on any atom is 0.387 e. The van der Waals surface area contributed by atoms with Gasteiger partial charge in [0, 0.05) is 36.9 Å². The van der Waals surface area contributed by atoms with Crippen LogP contribution in [-0.4, -0.2) is 34.4 Å². The topological polar surface area (TPSA) is 55.3 Å². The van der Waals surface area contributed by atoms with Crippen molar-refractivity contribution < 1.29 is 18.3 Å². The maximum atomic E-state index is 13.3. The Labute approximate surface area is 177 Å². The summed E-state index contributed by atoms with van der Waals surface area (Å²) in [6.07, 6.45) is 3.36. The largest absolute Gasteiger partial charge is 0.435 e. The Morgan fingerprint density at radius 2 is 1.74 bits per heavy atom. The third-order valence-corrected chi connectivity index (χ3v) is 4.84. The molecule has 0 bridgehead atoms. The number of carbonyl (C=O) groups excluding carboxylic acids is 1. The number of carbonyl (C=O) groups is 1. The van der Waals surface area contributed by atoms with E-state index in [1.807, 2.05) is 36.4 Å². The lowest BCUT2D eigenvalue weighted by Gasteiger charge is -2.19. The van der Waals surface area contributed by atoms with Crippen molar-refractivity contribution in [3.63, 3.8) is 0 Å². The molecule has 4 aromatic rings. The number of benzene rings is 2. The molecule has 0 N–H and O–H groups in total. The Hall–Kier alpha value is -3.87. The van der Waals surface area contributed by atoms with Crippen LogP contribution in [0.15, 0.2) is 79.1 Å². The van der Waals surface area contributed by atoms with Crippen molar-refractivity contribution in [3.8, 4) is 17.0 Å². The van der Waals surface area contributed by atoms with Crippen molar-refractivity contribution in [1.29, 1.82) is 0 Å². The number of amides is 1. The van der Waals surface area contributed by atoms with E-state index < -0.39 is 6.61 Å². The molecular formula is C24H19F2N3O2. The van der Waals surface area contributed by atoms with Crippen LogP contribution in [0.4, 0.5) is 8.78 Å². The number of nitrogens with zero attached hydrogens (tertiary/aromatic N) is 3. The van der Waals surface area contributed by atoms with Crippen molar-refractivity contribution in [1.82, 2.24) is 14.9 Å². The highest BCUT2D eigenvalue weighted by Crippen LogP contribution is 2.26. The summed E-state index contributed by atoms with van der Waals surface area (Å²) >= 11 is 0. The average Bonchev–Trinajstić information content (AvgIpc) is 2.79.